The molecular weight excluding hydrogens is 429 g/mol. The molecule has 34 heavy (non-hydrogen) atoms. The highest BCUT2D eigenvalue weighted by Gasteiger charge is 2.43. The van der Waals surface area contributed by atoms with Gasteiger partial charge in [-0.3, -0.25) is 0 Å². The van der Waals surface area contributed by atoms with E-state index < -0.39 is 0 Å². The minimum absolute atomic E-state index is 0.256. The Labute approximate surface area is 200 Å². The summed E-state index contributed by atoms with van der Waals surface area (Å²) >= 11 is 0. The minimum Gasteiger partial charge on any atom is -0.376 e. The predicted molar refractivity (Wildman–Crippen MR) is 130 cm³/mol. The molecule has 0 bridgehead atoms. The van der Waals surface area contributed by atoms with Crippen molar-refractivity contribution in [2.45, 2.75) is 46.1 Å². The summed E-state index contributed by atoms with van der Waals surface area (Å²) in [5.74, 6) is 2.67. The first kappa shape index (κ1) is 22.8. The van der Waals surface area contributed by atoms with Crippen molar-refractivity contribution in [1.82, 2.24) is 20.2 Å². The van der Waals surface area contributed by atoms with Crippen LogP contribution in [0.25, 0.3) is 11.3 Å². The largest absolute Gasteiger partial charge is 0.376 e. The van der Waals surface area contributed by atoms with Crippen LogP contribution in [0, 0.1) is 30.5 Å². The van der Waals surface area contributed by atoms with Crippen molar-refractivity contribution in [3.05, 3.63) is 65.4 Å². The van der Waals surface area contributed by atoms with E-state index in [-0.39, 0.29) is 5.82 Å². The van der Waals surface area contributed by atoms with Crippen molar-refractivity contribution in [1.29, 1.82) is 0 Å². The van der Waals surface area contributed by atoms with E-state index in [0.717, 1.165) is 48.6 Å². The van der Waals surface area contributed by atoms with Gasteiger partial charge >= 0.3 is 0 Å². The van der Waals surface area contributed by atoms with Gasteiger partial charge in [-0.15, -0.1) is 0 Å². The molecule has 0 unspecified atom stereocenters. The maximum Gasteiger partial charge on any atom is 0.225 e. The molecule has 0 radical (unpaired) electrons. The first-order chi connectivity index (χ1) is 16.6. The number of aryl methyl sites for hydroxylation is 2. The minimum atomic E-state index is -0.256. The molecule has 178 valence electrons. The number of nitrogens with zero attached hydrogens (tertiary/aromatic N) is 5. The highest BCUT2D eigenvalue weighted by molar-refractivity contribution is 5.59. The molecule has 2 atom stereocenters. The average molecular weight is 462 g/mol. The van der Waals surface area contributed by atoms with E-state index >= 15 is 0 Å². The predicted octanol–water partition coefficient (Wildman–Crippen LogP) is 5.01. The van der Waals surface area contributed by atoms with Gasteiger partial charge in [-0.1, -0.05) is 19.1 Å². The third-order valence-electron chi connectivity index (χ3n) is 7.24. The SMILES string of the molecule is CCc1cnc(N2CCC([C@H]3C[C@H]3COCc3ccc(-c4ccc(C)nn4)cc3F)CC2)nc1. The number of hydrogen-bond acceptors (Lipinski definition) is 6. The molecule has 1 saturated carbocycles. The van der Waals surface area contributed by atoms with E-state index in [4.69, 9.17) is 4.74 Å². The van der Waals surface area contributed by atoms with Gasteiger partial charge in [0.2, 0.25) is 5.95 Å². The number of benzene rings is 1. The summed E-state index contributed by atoms with van der Waals surface area (Å²) in [5, 5.41) is 8.19. The maximum absolute atomic E-state index is 14.6. The maximum atomic E-state index is 14.6. The highest BCUT2D eigenvalue weighted by atomic mass is 19.1. The summed E-state index contributed by atoms with van der Waals surface area (Å²) in [7, 11) is 0. The van der Waals surface area contributed by atoms with Crippen LogP contribution in [0.4, 0.5) is 10.3 Å². The molecule has 1 saturated heterocycles. The molecule has 1 aliphatic heterocycles. The van der Waals surface area contributed by atoms with Gasteiger partial charge in [-0.2, -0.15) is 10.2 Å². The molecule has 3 aromatic rings. The van der Waals surface area contributed by atoms with Crippen LogP contribution >= 0.6 is 0 Å². The van der Waals surface area contributed by atoms with Gasteiger partial charge < -0.3 is 9.64 Å². The molecule has 2 aliphatic rings. The summed E-state index contributed by atoms with van der Waals surface area (Å²) in [6.07, 6.45) is 8.43. The second-order valence-electron chi connectivity index (χ2n) is 9.61. The normalized spacial score (nSPS) is 20.5. The second-order valence-corrected chi connectivity index (χ2v) is 9.61. The lowest BCUT2D eigenvalue weighted by molar-refractivity contribution is 0.102. The number of ether oxygens (including phenoxy) is 1. The Bertz CT molecular complexity index is 1100. The summed E-state index contributed by atoms with van der Waals surface area (Å²) < 4.78 is 20.5. The van der Waals surface area contributed by atoms with Gasteiger partial charge in [0.05, 0.1) is 24.6 Å². The summed E-state index contributed by atoms with van der Waals surface area (Å²) in [6.45, 7) is 7.04. The van der Waals surface area contributed by atoms with Gasteiger partial charge in [0, 0.05) is 36.6 Å². The molecule has 0 amide bonds. The zero-order valence-corrected chi connectivity index (χ0v) is 20.0. The van der Waals surface area contributed by atoms with Crippen LogP contribution in [-0.2, 0) is 17.8 Å². The quantitative estimate of drug-likeness (QED) is 0.470. The lowest BCUT2D eigenvalue weighted by Crippen LogP contribution is -2.35. The fourth-order valence-corrected chi connectivity index (χ4v) is 4.96. The second kappa shape index (κ2) is 10.1. The van der Waals surface area contributed by atoms with Crippen molar-refractivity contribution in [2.24, 2.45) is 17.8 Å². The fraction of sp³-hybridized carbons (Fsp3) is 0.481. The van der Waals surface area contributed by atoms with Crippen molar-refractivity contribution >= 4 is 5.95 Å². The van der Waals surface area contributed by atoms with E-state index in [1.165, 1.54) is 30.9 Å². The number of hydrogen-bond donors (Lipinski definition) is 0. The van der Waals surface area contributed by atoms with Crippen LogP contribution in [0.15, 0.2) is 42.7 Å². The third kappa shape index (κ3) is 5.25. The Balaban J connectivity index is 1.06. The molecule has 5 rings (SSSR count). The number of anilines is 1. The zero-order valence-electron chi connectivity index (χ0n) is 20.0. The van der Waals surface area contributed by atoms with Crippen molar-refractivity contribution in [2.75, 3.05) is 24.6 Å². The third-order valence-corrected chi connectivity index (χ3v) is 7.24. The fourth-order valence-electron chi connectivity index (χ4n) is 4.96. The van der Waals surface area contributed by atoms with E-state index in [1.807, 2.05) is 37.5 Å². The number of piperidine rings is 1. The van der Waals surface area contributed by atoms with Crippen LogP contribution in [0.3, 0.4) is 0 Å². The number of rotatable bonds is 8. The molecule has 2 fully saturated rings. The summed E-state index contributed by atoms with van der Waals surface area (Å²) in [4.78, 5) is 11.4. The molecule has 1 aromatic carbocycles. The van der Waals surface area contributed by atoms with E-state index in [9.17, 15) is 4.39 Å². The first-order valence-corrected chi connectivity index (χ1v) is 12.3. The first-order valence-electron chi connectivity index (χ1n) is 12.3. The molecule has 0 N–H and O–H groups in total. The Morgan fingerprint density at radius 3 is 2.53 bits per heavy atom. The van der Waals surface area contributed by atoms with Gasteiger partial charge in [0.1, 0.15) is 5.82 Å². The monoisotopic (exact) mass is 461 g/mol. The van der Waals surface area contributed by atoms with Crippen molar-refractivity contribution < 1.29 is 9.13 Å². The van der Waals surface area contributed by atoms with Crippen molar-refractivity contribution in [3.63, 3.8) is 0 Å². The lowest BCUT2D eigenvalue weighted by Gasteiger charge is -2.32. The molecule has 2 aromatic heterocycles. The summed E-state index contributed by atoms with van der Waals surface area (Å²) in [6, 6.07) is 8.94. The van der Waals surface area contributed by atoms with Gasteiger partial charge in [0.15, 0.2) is 0 Å². The van der Waals surface area contributed by atoms with Gasteiger partial charge in [-0.25, -0.2) is 14.4 Å². The van der Waals surface area contributed by atoms with Crippen LogP contribution in [0.1, 0.15) is 43.0 Å². The molecular formula is C27H32FN5O. The topological polar surface area (TPSA) is 64.0 Å². The van der Waals surface area contributed by atoms with Gasteiger partial charge in [0.25, 0.3) is 0 Å². The number of halogens is 1. The molecule has 3 heterocycles. The Morgan fingerprint density at radius 2 is 1.85 bits per heavy atom. The lowest BCUT2D eigenvalue weighted by atomic mass is 9.91. The Hall–Kier alpha value is -2.93. The van der Waals surface area contributed by atoms with Crippen LogP contribution in [0.5, 0.6) is 0 Å². The van der Waals surface area contributed by atoms with E-state index in [1.54, 1.807) is 6.07 Å². The van der Waals surface area contributed by atoms with Crippen LogP contribution in [0.2, 0.25) is 0 Å². The summed E-state index contributed by atoms with van der Waals surface area (Å²) in [5.41, 5.74) is 4.01. The molecule has 6 nitrogen and oxygen atoms in total. The van der Waals surface area contributed by atoms with Crippen LogP contribution < -0.4 is 4.90 Å². The number of aromatic nitrogens is 4. The molecule has 1 aliphatic carbocycles. The van der Waals surface area contributed by atoms with E-state index in [0.29, 0.717) is 30.4 Å². The van der Waals surface area contributed by atoms with Gasteiger partial charge in [-0.05, 0) is 74.1 Å². The smallest absolute Gasteiger partial charge is 0.225 e. The molecule has 0 spiro atoms. The zero-order chi connectivity index (χ0) is 23.5. The van der Waals surface area contributed by atoms with E-state index in [2.05, 4.69) is 32.0 Å². The highest BCUT2D eigenvalue weighted by Crippen LogP contribution is 2.48. The standard InChI is InChI=1S/C27H32FN5O/c1-3-19-14-29-27(30-15-19)33-10-8-20(9-11-33)24-12-23(24)17-34-16-22-6-5-21(13-25(22)28)26-7-4-18(2)31-32-26/h4-7,13-15,20,23-24H,3,8-12,16-17H2,1-2H3/t23-,24+/m0/s1. The Kier molecular flexibility index (Phi) is 6.81. The van der Waals surface area contributed by atoms with Crippen molar-refractivity contribution in [3.8, 4) is 11.3 Å². The molecule has 7 heteroatoms. The average Bonchev–Trinajstić information content (AvgIpc) is 3.65. The van der Waals surface area contributed by atoms with Crippen LogP contribution in [-0.4, -0.2) is 39.9 Å². The Morgan fingerprint density at radius 1 is 1.06 bits per heavy atom.